The summed E-state index contributed by atoms with van der Waals surface area (Å²) in [6, 6.07) is 0. The van der Waals surface area contributed by atoms with Crippen LogP contribution in [0.15, 0.2) is 12.3 Å². The average Bonchev–Trinajstić information content (AvgIpc) is 2.43. The molecule has 0 aromatic rings. The first-order chi connectivity index (χ1) is 11.0. The lowest BCUT2D eigenvalue weighted by Crippen LogP contribution is -2.56. The predicted molar refractivity (Wildman–Crippen MR) is 95.9 cm³/mol. The van der Waals surface area contributed by atoms with Crippen molar-refractivity contribution in [2.75, 3.05) is 32.8 Å². The van der Waals surface area contributed by atoms with Crippen LogP contribution < -0.4 is 0 Å². The molecule has 2 heterocycles. The molecule has 2 aliphatic rings. The van der Waals surface area contributed by atoms with Crippen LogP contribution in [0.2, 0.25) is 0 Å². The second-order valence-corrected chi connectivity index (χ2v) is 9.15. The second-order valence-electron chi connectivity index (χ2n) is 9.15. The predicted octanol–water partition coefficient (Wildman–Crippen LogP) is 3.65. The van der Waals surface area contributed by atoms with Crippen molar-refractivity contribution in [3.05, 3.63) is 12.3 Å². The highest BCUT2D eigenvalue weighted by Crippen LogP contribution is 2.31. The zero-order valence-corrected chi connectivity index (χ0v) is 16.2. The van der Waals surface area contributed by atoms with Gasteiger partial charge in [-0.15, -0.1) is 0 Å². The third kappa shape index (κ3) is 5.69. The van der Waals surface area contributed by atoms with Crippen LogP contribution in [0, 0.1) is 5.41 Å². The van der Waals surface area contributed by atoms with E-state index in [0.29, 0.717) is 13.1 Å². The van der Waals surface area contributed by atoms with Gasteiger partial charge in [0.05, 0.1) is 12.2 Å². The second kappa shape index (κ2) is 6.95. The van der Waals surface area contributed by atoms with Gasteiger partial charge in [0.1, 0.15) is 5.60 Å². The maximum absolute atomic E-state index is 12.2. The molecule has 0 unspecified atom stereocenters. The molecule has 5 heteroatoms. The van der Waals surface area contributed by atoms with Gasteiger partial charge in [-0.3, -0.25) is 0 Å². The number of morpholine rings is 1. The van der Waals surface area contributed by atoms with E-state index in [-0.39, 0.29) is 17.1 Å². The first kappa shape index (κ1) is 19.1. The Balaban J connectivity index is 1.90. The Hall–Kier alpha value is -1.23. The minimum atomic E-state index is -0.442. The SMILES string of the molecule is CC(C)(C)C=CN1CCOC2(CCN(C(=O)OC(C)(C)C)CC2)C1. The molecule has 0 saturated carbocycles. The normalized spacial score (nSPS) is 22.2. The van der Waals surface area contributed by atoms with Gasteiger partial charge in [-0.2, -0.15) is 0 Å². The van der Waals surface area contributed by atoms with Gasteiger partial charge >= 0.3 is 6.09 Å². The molecule has 0 bridgehead atoms. The number of allylic oxidation sites excluding steroid dienone is 1. The molecule has 2 rings (SSSR count). The van der Waals surface area contributed by atoms with E-state index < -0.39 is 5.60 Å². The van der Waals surface area contributed by atoms with Crippen LogP contribution in [-0.4, -0.2) is 59.9 Å². The van der Waals surface area contributed by atoms with E-state index in [1.165, 1.54) is 0 Å². The number of likely N-dealkylation sites (tertiary alicyclic amines) is 1. The fourth-order valence-electron chi connectivity index (χ4n) is 3.06. The van der Waals surface area contributed by atoms with Gasteiger partial charge in [0.2, 0.25) is 0 Å². The molecule has 0 aliphatic carbocycles. The van der Waals surface area contributed by atoms with Crippen LogP contribution in [0.1, 0.15) is 54.4 Å². The Bertz CT molecular complexity index is 466. The first-order valence-electron chi connectivity index (χ1n) is 9.03. The standard InChI is InChI=1S/C19H34N2O3/c1-17(2,3)7-10-20-13-14-23-19(15-20)8-11-21(12-9-19)16(22)24-18(4,5)6/h7,10H,8-9,11-15H2,1-6H3. The summed E-state index contributed by atoms with van der Waals surface area (Å²) in [5.41, 5.74) is -0.382. The van der Waals surface area contributed by atoms with Gasteiger partial charge in [0.25, 0.3) is 0 Å². The number of hydrogen-bond acceptors (Lipinski definition) is 4. The third-order valence-corrected chi connectivity index (χ3v) is 4.39. The van der Waals surface area contributed by atoms with Crippen molar-refractivity contribution < 1.29 is 14.3 Å². The number of carbonyl (C=O) groups is 1. The molecule has 2 aliphatic heterocycles. The number of rotatable bonds is 1. The van der Waals surface area contributed by atoms with Crippen molar-refractivity contribution in [2.45, 2.75) is 65.6 Å². The molecule has 2 fully saturated rings. The molecule has 1 amide bonds. The summed E-state index contributed by atoms with van der Waals surface area (Å²) in [5.74, 6) is 0. The molecular formula is C19H34N2O3. The Kier molecular flexibility index (Phi) is 5.53. The molecule has 24 heavy (non-hydrogen) atoms. The zero-order chi connectivity index (χ0) is 18.0. The van der Waals surface area contributed by atoms with Gasteiger partial charge in [0, 0.05) is 26.2 Å². The fourth-order valence-corrected chi connectivity index (χ4v) is 3.06. The maximum Gasteiger partial charge on any atom is 0.410 e. The number of carbonyl (C=O) groups excluding carboxylic acids is 1. The molecule has 5 nitrogen and oxygen atoms in total. The van der Waals surface area contributed by atoms with E-state index in [9.17, 15) is 4.79 Å². The summed E-state index contributed by atoms with van der Waals surface area (Å²) >= 11 is 0. The van der Waals surface area contributed by atoms with Crippen molar-refractivity contribution in [1.82, 2.24) is 9.80 Å². The van der Waals surface area contributed by atoms with Gasteiger partial charge in [-0.05, 0) is 45.2 Å². The molecule has 2 saturated heterocycles. The summed E-state index contributed by atoms with van der Waals surface area (Å²) in [6.45, 7) is 16.3. The maximum atomic E-state index is 12.2. The highest BCUT2D eigenvalue weighted by Gasteiger charge is 2.40. The van der Waals surface area contributed by atoms with Gasteiger partial charge in [-0.25, -0.2) is 4.79 Å². The molecule has 0 radical (unpaired) electrons. The smallest absolute Gasteiger partial charge is 0.410 e. The lowest BCUT2D eigenvalue weighted by atomic mass is 9.89. The Morgan fingerprint density at radius 2 is 1.71 bits per heavy atom. The lowest BCUT2D eigenvalue weighted by Gasteiger charge is -2.47. The summed E-state index contributed by atoms with van der Waals surface area (Å²) in [5, 5.41) is 0. The summed E-state index contributed by atoms with van der Waals surface area (Å²) in [7, 11) is 0. The minimum Gasteiger partial charge on any atom is -0.444 e. The van der Waals surface area contributed by atoms with Gasteiger partial charge in [-0.1, -0.05) is 26.8 Å². The molecule has 0 atom stereocenters. The van der Waals surface area contributed by atoms with Crippen LogP contribution in [0.25, 0.3) is 0 Å². The number of hydrogen-bond donors (Lipinski definition) is 0. The Morgan fingerprint density at radius 1 is 1.08 bits per heavy atom. The quantitative estimate of drug-likeness (QED) is 0.732. The molecule has 1 spiro atoms. The van der Waals surface area contributed by atoms with Crippen molar-refractivity contribution in [2.24, 2.45) is 5.41 Å². The largest absolute Gasteiger partial charge is 0.444 e. The van der Waals surface area contributed by atoms with Crippen LogP contribution in [-0.2, 0) is 9.47 Å². The highest BCUT2D eigenvalue weighted by molar-refractivity contribution is 5.68. The summed E-state index contributed by atoms with van der Waals surface area (Å²) in [6.07, 6.45) is 5.99. The minimum absolute atomic E-state index is 0.126. The number of nitrogens with zero attached hydrogens (tertiary/aromatic N) is 2. The third-order valence-electron chi connectivity index (χ3n) is 4.39. The van der Waals surface area contributed by atoms with Crippen LogP contribution in [0.5, 0.6) is 0 Å². The zero-order valence-electron chi connectivity index (χ0n) is 16.2. The number of piperidine rings is 1. The lowest BCUT2D eigenvalue weighted by molar-refractivity contribution is -0.125. The number of amides is 1. The number of ether oxygens (including phenoxy) is 2. The van der Waals surface area contributed by atoms with Crippen LogP contribution in [0.4, 0.5) is 4.79 Å². The summed E-state index contributed by atoms with van der Waals surface area (Å²) < 4.78 is 11.6. The molecule has 0 aromatic heterocycles. The van der Waals surface area contributed by atoms with Gasteiger partial charge in [0.15, 0.2) is 0 Å². The van der Waals surface area contributed by atoms with Crippen LogP contribution in [0.3, 0.4) is 0 Å². The molecular weight excluding hydrogens is 304 g/mol. The van der Waals surface area contributed by atoms with E-state index in [1.807, 2.05) is 25.7 Å². The van der Waals surface area contributed by atoms with Crippen molar-refractivity contribution in [3.8, 4) is 0 Å². The van der Waals surface area contributed by atoms with E-state index >= 15 is 0 Å². The topological polar surface area (TPSA) is 42.0 Å². The van der Waals surface area contributed by atoms with Crippen molar-refractivity contribution in [1.29, 1.82) is 0 Å². The molecule has 138 valence electrons. The highest BCUT2D eigenvalue weighted by atomic mass is 16.6. The summed E-state index contributed by atoms with van der Waals surface area (Å²) in [4.78, 5) is 16.4. The fraction of sp³-hybridized carbons (Fsp3) is 0.842. The van der Waals surface area contributed by atoms with E-state index in [2.05, 4.69) is 37.9 Å². The van der Waals surface area contributed by atoms with Crippen LogP contribution >= 0.6 is 0 Å². The van der Waals surface area contributed by atoms with Gasteiger partial charge < -0.3 is 19.3 Å². The van der Waals surface area contributed by atoms with Crippen molar-refractivity contribution >= 4 is 6.09 Å². The Labute approximate surface area is 147 Å². The van der Waals surface area contributed by atoms with E-state index in [4.69, 9.17) is 9.47 Å². The molecule has 0 N–H and O–H groups in total. The molecule has 0 aromatic carbocycles. The van der Waals surface area contributed by atoms with Crippen molar-refractivity contribution in [3.63, 3.8) is 0 Å². The van der Waals surface area contributed by atoms with E-state index in [1.54, 1.807) is 0 Å². The van der Waals surface area contributed by atoms with E-state index in [0.717, 1.165) is 32.5 Å². The Morgan fingerprint density at radius 3 is 2.25 bits per heavy atom. The monoisotopic (exact) mass is 338 g/mol. The average molecular weight is 338 g/mol. The first-order valence-corrected chi connectivity index (χ1v) is 9.03.